The number of aryl methyl sites for hydroxylation is 1. The zero-order chi connectivity index (χ0) is 17.3. The van der Waals surface area contributed by atoms with Gasteiger partial charge in [-0.25, -0.2) is 22.5 Å². The van der Waals surface area contributed by atoms with Crippen molar-refractivity contribution in [2.24, 2.45) is 4.99 Å². The van der Waals surface area contributed by atoms with Crippen LogP contribution < -0.4 is 15.4 Å². The van der Waals surface area contributed by atoms with Gasteiger partial charge in [0.05, 0.1) is 12.8 Å². The van der Waals surface area contributed by atoms with Crippen molar-refractivity contribution in [1.29, 1.82) is 0 Å². The molecule has 0 atom stereocenters. The SMILES string of the molecule is CCNC(=NCc1ccc(F)c(C)c1)NCCCNS(C)(=O)=O. The van der Waals surface area contributed by atoms with Gasteiger partial charge in [-0.2, -0.15) is 0 Å². The maximum absolute atomic E-state index is 13.2. The van der Waals surface area contributed by atoms with Crippen LogP contribution in [0.4, 0.5) is 4.39 Å². The molecule has 1 aromatic rings. The number of nitrogens with zero attached hydrogens (tertiary/aromatic N) is 1. The van der Waals surface area contributed by atoms with Crippen LogP contribution in [0.1, 0.15) is 24.5 Å². The number of hydrogen-bond donors (Lipinski definition) is 3. The second kappa shape index (κ2) is 9.46. The van der Waals surface area contributed by atoms with Crippen molar-refractivity contribution < 1.29 is 12.8 Å². The minimum absolute atomic E-state index is 0.221. The highest BCUT2D eigenvalue weighted by Gasteiger charge is 2.02. The number of rotatable bonds is 8. The maximum atomic E-state index is 13.2. The molecule has 0 radical (unpaired) electrons. The van der Waals surface area contributed by atoms with E-state index in [-0.39, 0.29) is 5.82 Å². The van der Waals surface area contributed by atoms with Gasteiger partial charge in [0.1, 0.15) is 5.82 Å². The number of sulfonamides is 1. The van der Waals surface area contributed by atoms with Crippen LogP contribution in [0, 0.1) is 12.7 Å². The van der Waals surface area contributed by atoms with Crippen LogP contribution in [-0.4, -0.2) is 40.3 Å². The van der Waals surface area contributed by atoms with E-state index in [1.165, 1.54) is 6.07 Å². The Morgan fingerprint density at radius 2 is 2.00 bits per heavy atom. The van der Waals surface area contributed by atoms with Gasteiger partial charge >= 0.3 is 0 Å². The predicted octanol–water partition coefficient (Wildman–Crippen LogP) is 1.13. The van der Waals surface area contributed by atoms with Crippen molar-refractivity contribution in [3.8, 4) is 0 Å². The molecular weight excluding hydrogens is 319 g/mol. The van der Waals surface area contributed by atoms with Crippen molar-refractivity contribution in [3.63, 3.8) is 0 Å². The third-order valence-electron chi connectivity index (χ3n) is 3.00. The van der Waals surface area contributed by atoms with E-state index in [2.05, 4.69) is 20.3 Å². The Hall–Kier alpha value is -1.67. The van der Waals surface area contributed by atoms with Crippen molar-refractivity contribution in [3.05, 3.63) is 35.1 Å². The molecular formula is C15H25FN4O2S. The molecule has 0 fully saturated rings. The summed E-state index contributed by atoms with van der Waals surface area (Å²) in [4.78, 5) is 4.43. The summed E-state index contributed by atoms with van der Waals surface area (Å²) in [6.07, 6.45) is 1.78. The third kappa shape index (κ3) is 8.51. The normalized spacial score (nSPS) is 12.3. The average molecular weight is 344 g/mol. The van der Waals surface area contributed by atoms with Gasteiger partial charge in [0.25, 0.3) is 0 Å². The molecule has 130 valence electrons. The smallest absolute Gasteiger partial charge is 0.208 e. The summed E-state index contributed by atoms with van der Waals surface area (Å²) in [5.41, 5.74) is 1.53. The highest BCUT2D eigenvalue weighted by Crippen LogP contribution is 2.09. The van der Waals surface area contributed by atoms with Crippen molar-refractivity contribution in [2.75, 3.05) is 25.9 Å². The number of benzene rings is 1. The zero-order valence-electron chi connectivity index (χ0n) is 13.8. The lowest BCUT2D eigenvalue weighted by atomic mass is 10.1. The molecule has 6 nitrogen and oxygen atoms in total. The molecule has 1 aromatic carbocycles. The van der Waals surface area contributed by atoms with E-state index in [9.17, 15) is 12.8 Å². The summed E-state index contributed by atoms with van der Waals surface area (Å²) in [6.45, 7) is 5.82. The van der Waals surface area contributed by atoms with Crippen LogP contribution in [0.3, 0.4) is 0 Å². The standard InChI is InChI=1S/C15H25FN4O2S/c1-4-17-15(18-8-5-9-20-23(3,21)22)19-11-13-6-7-14(16)12(2)10-13/h6-7,10,20H,4-5,8-9,11H2,1-3H3,(H2,17,18,19). The topological polar surface area (TPSA) is 82.6 Å². The van der Waals surface area contributed by atoms with Crippen molar-refractivity contribution in [2.45, 2.75) is 26.8 Å². The summed E-state index contributed by atoms with van der Waals surface area (Å²) in [7, 11) is -3.14. The molecule has 0 saturated carbocycles. The largest absolute Gasteiger partial charge is 0.357 e. The monoisotopic (exact) mass is 344 g/mol. The predicted molar refractivity (Wildman–Crippen MR) is 91.4 cm³/mol. The van der Waals surface area contributed by atoms with Gasteiger partial charge in [-0.05, 0) is 37.5 Å². The zero-order valence-corrected chi connectivity index (χ0v) is 14.6. The molecule has 0 unspecified atom stereocenters. The molecule has 0 spiro atoms. The Balaban J connectivity index is 2.48. The minimum Gasteiger partial charge on any atom is -0.357 e. The second-order valence-electron chi connectivity index (χ2n) is 5.23. The molecule has 0 aliphatic rings. The fraction of sp³-hybridized carbons (Fsp3) is 0.533. The lowest BCUT2D eigenvalue weighted by Gasteiger charge is -2.11. The van der Waals surface area contributed by atoms with E-state index >= 15 is 0 Å². The molecule has 8 heteroatoms. The number of hydrogen-bond acceptors (Lipinski definition) is 3. The van der Waals surface area contributed by atoms with Gasteiger partial charge in [-0.3, -0.25) is 0 Å². The lowest BCUT2D eigenvalue weighted by molar-refractivity contribution is 0.584. The molecule has 0 aromatic heterocycles. The van der Waals surface area contributed by atoms with E-state index < -0.39 is 10.0 Å². The fourth-order valence-corrected chi connectivity index (χ4v) is 2.39. The summed E-state index contributed by atoms with van der Waals surface area (Å²) < 4.78 is 37.6. The van der Waals surface area contributed by atoms with Crippen LogP contribution in [0.2, 0.25) is 0 Å². The molecule has 23 heavy (non-hydrogen) atoms. The number of guanidine groups is 1. The van der Waals surface area contributed by atoms with E-state index in [4.69, 9.17) is 0 Å². The van der Waals surface area contributed by atoms with E-state index in [1.54, 1.807) is 19.1 Å². The number of nitrogens with one attached hydrogen (secondary N) is 3. The van der Waals surface area contributed by atoms with Gasteiger partial charge in [0, 0.05) is 19.6 Å². The van der Waals surface area contributed by atoms with E-state index in [0.717, 1.165) is 18.4 Å². The van der Waals surface area contributed by atoms with Crippen LogP contribution in [0.15, 0.2) is 23.2 Å². The summed E-state index contributed by atoms with van der Waals surface area (Å²) in [5.74, 6) is 0.426. The highest BCUT2D eigenvalue weighted by molar-refractivity contribution is 7.88. The molecule has 0 heterocycles. The van der Waals surface area contributed by atoms with Crippen LogP contribution in [0.25, 0.3) is 0 Å². The van der Waals surface area contributed by atoms with Gasteiger partial charge in [-0.15, -0.1) is 0 Å². The maximum Gasteiger partial charge on any atom is 0.208 e. The molecule has 0 aliphatic carbocycles. The fourth-order valence-electron chi connectivity index (χ4n) is 1.87. The highest BCUT2D eigenvalue weighted by atomic mass is 32.2. The Kier molecular flexibility index (Phi) is 7.97. The summed E-state index contributed by atoms with van der Waals surface area (Å²) in [5, 5.41) is 6.25. The minimum atomic E-state index is -3.14. The van der Waals surface area contributed by atoms with Crippen LogP contribution in [0.5, 0.6) is 0 Å². The Bertz CT molecular complexity index is 632. The molecule has 0 saturated heterocycles. The van der Waals surface area contributed by atoms with Gasteiger partial charge in [0.15, 0.2) is 5.96 Å². The van der Waals surface area contributed by atoms with Gasteiger partial charge in [-0.1, -0.05) is 12.1 Å². The Labute approximate surface area is 137 Å². The molecule has 3 N–H and O–H groups in total. The first kappa shape index (κ1) is 19.4. The van der Waals surface area contributed by atoms with Crippen molar-refractivity contribution in [1.82, 2.24) is 15.4 Å². The number of halogens is 1. The van der Waals surface area contributed by atoms with Gasteiger partial charge < -0.3 is 10.6 Å². The summed E-state index contributed by atoms with van der Waals surface area (Å²) >= 11 is 0. The molecule has 0 aliphatic heterocycles. The first-order valence-electron chi connectivity index (χ1n) is 7.53. The average Bonchev–Trinajstić information content (AvgIpc) is 2.46. The van der Waals surface area contributed by atoms with Gasteiger partial charge in [0.2, 0.25) is 10.0 Å². The molecule has 1 rings (SSSR count). The van der Waals surface area contributed by atoms with Crippen LogP contribution >= 0.6 is 0 Å². The van der Waals surface area contributed by atoms with E-state index in [1.807, 2.05) is 6.92 Å². The third-order valence-corrected chi connectivity index (χ3v) is 3.73. The molecule has 0 bridgehead atoms. The summed E-state index contributed by atoms with van der Waals surface area (Å²) in [6, 6.07) is 4.93. The van der Waals surface area contributed by atoms with Crippen molar-refractivity contribution >= 4 is 16.0 Å². The molecule has 0 amide bonds. The first-order valence-corrected chi connectivity index (χ1v) is 9.43. The second-order valence-corrected chi connectivity index (χ2v) is 7.06. The van der Waals surface area contributed by atoms with E-state index in [0.29, 0.717) is 37.6 Å². The first-order chi connectivity index (χ1) is 10.8. The van der Waals surface area contributed by atoms with Crippen LogP contribution in [-0.2, 0) is 16.6 Å². The Morgan fingerprint density at radius 1 is 1.26 bits per heavy atom. The number of aliphatic imine (C=N–C) groups is 1. The Morgan fingerprint density at radius 3 is 2.61 bits per heavy atom. The lowest BCUT2D eigenvalue weighted by Crippen LogP contribution is -2.38. The quantitative estimate of drug-likeness (QED) is 0.375.